The summed E-state index contributed by atoms with van der Waals surface area (Å²) in [5.74, 6) is -0.508. The summed E-state index contributed by atoms with van der Waals surface area (Å²) >= 11 is 0. The molecule has 1 atom stereocenters. The lowest BCUT2D eigenvalue weighted by Gasteiger charge is -2.16. The molecule has 106 valence electrons. The van der Waals surface area contributed by atoms with Gasteiger partial charge < -0.3 is 10.6 Å². The Hall–Kier alpha value is -1.91. The second kappa shape index (κ2) is 7.62. The normalized spacial score (nSPS) is 11.3. The van der Waals surface area contributed by atoms with Gasteiger partial charge in [-0.3, -0.25) is 4.79 Å². The van der Waals surface area contributed by atoms with Crippen LogP contribution in [0.1, 0.15) is 11.6 Å². The Balaban J connectivity index is 0.00000200. The molecular weight excluding hydrogens is 279 g/mol. The van der Waals surface area contributed by atoms with Crippen molar-refractivity contribution in [2.45, 2.75) is 6.04 Å². The van der Waals surface area contributed by atoms with Crippen molar-refractivity contribution >= 4 is 24.0 Å². The minimum atomic E-state index is -0.439. The Bertz CT molecular complexity index is 546. The van der Waals surface area contributed by atoms with Crippen LogP contribution in [0.25, 0.3) is 0 Å². The van der Waals surface area contributed by atoms with E-state index in [1.54, 1.807) is 7.05 Å². The van der Waals surface area contributed by atoms with E-state index in [4.69, 9.17) is 0 Å². The van der Waals surface area contributed by atoms with Gasteiger partial charge in [0.25, 0.3) is 0 Å². The summed E-state index contributed by atoms with van der Waals surface area (Å²) in [7, 11) is 1.72. The first-order valence-electron chi connectivity index (χ1n) is 5.99. The van der Waals surface area contributed by atoms with E-state index >= 15 is 0 Å². The molecule has 0 saturated heterocycles. The van der Waals surface area contributed by atoms with Crippen molar-refractivity contribution in [3.8, 4) is 0 Å². The van der Waals surface area contributed by atoms with Crippen LogP contribution >= 0.6 is 12.4 Å². The number of carbonyl (C=O) groups is 1. The summed E-state index contributed by atoms with van der Waals surface area (Å²) in [5, 5.41) is 5.71. The Morgan fingerprint density at radius 2 is 1.65 bits per heavy atom. The quantitative estimate of drug-likeness (QED) is 0.909. The van der Waals surface area contributed by atoms with Crippen molar-refractivity contribution in [1.82, 2.24) is 5.32 Å². The molecule has 0 aromatic heterocycles. The second-order valence-electron chi connectivity index (χ2n) is 4.13. The monoisotopic (exact) mass is 294 g/mol. The highest BCUT2D eigenvalue weighted by Gasteiger charge is 2.18. The third-order valence-corrected chi connectivity index (χ3v) is 2.80. The van der Waals surface area contributed by atoms with Crippen molar-refractivity contribution in [3.63, 3.8) is 0 Å². The van der Waals surface area contributed by atoms with Crippen LogP contribution < -0.4 is 10.6 Å². The van der Waals surface area contributed by atoms with Crippen LogP contribution in [0.4, 0.5) is 10.1 Å². The molecule has 0 fully saturated rings. The first-order valence-corrected chi connectivity index (χ1v) is 5.99. The van der Waals surface area contributed by atoms with Crippen LogP contribution in [0.2, 0.25) is 0 Å². The number of benzene rings is 2. The van der Waals surface area contributed by atoms with Gasteiger partial charge in [-0.05, 0) is 36.9 Å². The third-order valence-electron chi connectivity index (χ3n) is 2.80. The van der Waals surface area contributed by atoms with Gasteiger partial charge in [0.2, 0.25) is 5.91 Å². The van der Waals surface area contributed by atoms with E-state index < -0.39 is 6.04 Å². The molecule has 2 rings (SSSR count). The van der Waals surface area contributed by atoms with Crippen molar-refractivity contribution in [3.05, 3.63) is 66.0 Å². The van der Waals surface area contributed by atoms with Crippen molar-refractivity contribution < 1.29 is 9.18 Å². The minimum Gasteiger partial charge on any atom is -0.324 e. The number of rotatable bonds is 4. The van der Waals surface area contributed by atoms with E-state index in [0.717, 1.165) is 5.56 Å². The number of anilines is 1. The summed E-state index contributed by atoms with van der Waals surface area (Å²) in [5.41, 5.74) is 1.45. The van der Waals surface area contributed by atoms with E-state index in [9.17, 15) is 9.18 Å². The molecule has 0 unspecified atom stereocenters. The molecule has 0 aliphatic carbocycles. The van der Waals surface area contributed by atoms with Gasteiger partial charge in [0.15, 0.2) is 0 Å². The SMILES string of the molecule is CN[C@@H](C(=O)Nc1ccc(F)cc1)c1ccccc1.Cl. The van der Waals surface area contributed by atoms with Gasteiger partial charge in [0, 0.05) is 5.69 Å². The molecule has 5 heteroatoms. The van der Waals surface area contributed by atoms with Gasteiger partial charge in [-0.15, -0.1) is 12.4 Å². The second-order valence-corrected chi connectivity index (χ2v) is 4.13. The van der Waals surface area contributed by atoms with Gasteiger partial charge in [-0.2, -0.15) is 0 Å². The molecular formula is C15H16ClFN2O. The number of carbonyl (C=O) groups excluding carboxylic acids is 1. The molecule has 0 saturated carbocycles. The van der Waals surface area contributed by atoms with E-state index in [1.807, 2.05) is 30.3 Å². The number of likely N-dealkylation sites (N-methyl/N-ethyl adjacent to an activating group) is 1. The largest absolute Gasteiger partial charge is 0.324 e. The number of hydrogen-bond acceptors (Lipinski definition) is 2. The zero-order valence-corrected chi connectivity index (χ0v) is 11.8. The highest BCUT2D eigenvalue weighted by atomic mass is 35.5. The summed E-state index contributed by atoms with van der Waals surface area (Å²) in [6.45, 7) is 0. The lowest BCUT2D eigenvalue weighted by Crippen LogP contribution is -2.30. The van der Waals surface area contributed by atoms with Crippen LogP contribution in [-0.4, -0.2) is 13.0 Å². The van der Waals surface area contributed by atoms with E-state index in [2.05, 4.69) is 10.6 Å². The average Bonchev–Trinajstić information content (AvgIpc) is 2.43. The molecule has 0 bridgehead atoms. The van der Waals surface area contributed by atoms with Gasteiger partial charge in [0.05, 0.1) is 0 Å². The molecule has 1 amide bonds. The fourth-order valence-corrected chi connectivity index (χ4v) is 1.84. The van der Waals surface area contributed by atoms with Crippen molar-refractivity contribution in [1.29, 1.82) is 0 Å². The van der Waals surface area contributed by atoms with Gasteiger partial charge in [-0.25, -0.2) is 4.39 Å². The van der Waals surface area contributed by atoms with Crippen LogP contribution in [0.5, 0.6) is 0 Å². The molecule has 2 N–H and O–H groups in total. The highest BCUT2D eigenvalue weighted by molar-refractivity contribution is 5.95. The number of hydrogen-bond donors (Lipinski definition) is 2. The van der Waals surface area contributed by atoms with Crippen LogP contribution in [0.3, 0.4) is 0 Å². The summed E-state index contributed by atoms with van der Waals surface area (Å²) in [6, 6.07) is 14.7. The molecule has 0 heterocycles. The number of halogens is 2. The molecule has 2 aromatic rings. The predicted octanol–water partition coefficient (Wildman–Crippen LogP) is 3.15. The van der Waals surface area contributed by atoms with Crippen LogP contribution in [0.15, 0.2) is 54.6 Å². The Morgan fingerprint density at radius 1 is 1.05 bits per heavy atom. The maximum Gasteiger partial charge on any atom is 0.246 e. The van der Waals surface area contributed by atoms with Gasteiger partial charge in [0.1, 0.15) is 11.9 Å². The maximum atomic E-state index is 12.8. The standard InChI is InChI=1S/C15H15FN2O.ClH/c1-17-14(11-5-3-2-4-6-11)15(19)18-13-9-7-12(16)8-10-13;/h2-10,14,17H,1H3,(H,18,19);1H/t14-;/m1./s1. The third kappa shape index (κ3) is 4.05. The van der Waals surface area contributed by atoms with E-state index in [1.165, 1.54) is 24.3 Å². The smallest absolute Gasteiger partial charge is 0.246 e. The predicted molar refractivity (Wildman–Crippen MR) is 80.5 cm³/mol. The summed E-state index contributed by atoms with van der Waals surface area (Å²) in [4.78, 5) is 12.2. The maximum absolute atomic E-state index is 12.8. The molecule has 0 aliphatic rings. The zero-order valence-electron chi connectivity index (χ0n) is 11.0. The molecule has 0 aliphatic heterocycles. The topological polar surface area (TPSA) is 41.1 Å². The van der Waals surface area contributed by atoms with Crippen molar-refractivity contribution in [2.75, 3.05) is 12.4 Å². The van der Waals surface area contributed by atoms with E-state index in [0.29, 0.717) is 5.69 Å². The Kier molecular flexibility index (Phi) is 6.15. The fourth-order valence-electron chi connectivity index (χ4n) is 1.84. The van der Waals surface area contributed by atoms with Crippen LogP contribution in [-0.2, 0) is 4.79 Å². The highest BCUT2D eigenvalue weighted by Crippen LogP contribution is 2.15. The minimum absolute atomic E-state index is 0. The number of amides is 1. The molecule has 20 heavy (non-hydrogen) atoms. The molecule has 2 aromatic carbocycles. The molecule has 0 radical (unpaired) electrons. The van der Waals surface area contributed by atoms with E-state index in [-0.39, 0.29) is 24.1 Å². The van der Waals surface area contributed by atoms with Crippen LogP contribution in [0, 0.1) is 5.82 Å². The fraction of sp³-hybridized carbons (Fsp3) is 0.133. The zero-order chi connectivity index (χ0) is 13.7. The first kappa shape index (κ1) is 16.1. The number of nitrogens with one attached hydrogen (secondary N) is 2. The first-order chi connectivity index (χ1) is 9.20. The average molecular weight is 295 g/mol. The lowest BCUT2D eigenvalue weighted by molar-refractivity contribution is -0.118. The molecule has 0 spiro atoms. The lowest BCUT2D eigenvalue weighted by atomic mass is 10.1. The Labute approximate surface area is 123 Å². The summed E-state index contributed by atoms with van der Waals surface area (Å²) in [6.07, 6.45) is 0. The molecule has 3 nitrogen and oxygen atoms in total. The van der Waals surface area contributed by atoms with Gasteiger partial charge >= 0.3 is 0 Å². The summed E-state index contributed by atoms with van der Waals surface area (Å²) < 4.78 is 12.8. The van der Waals surface area contributed by atoms with Crippen molar-refractivity contribution in [2.24, 2.45) is 0 Å². The Morgan fingerprint density at radius 3 is 2.20 bits per heavy atom. The van der Waals surface area contributed by atoms with Gasteiger partial charge in [-0.1, -0.05) is 30.3 Å².